The number of hydrogen-bond acceptors (Lipinski definition) is 4. The van der Waals surface area contributed by atoms with Crippen molar-refractivity contribution in [2.45, 2.75) is 38.7 Å². The molecule has 1 unspecified atom stereocenters. The molecular formula is C19H30N2O3. The Balaban J connectivity index is 1.62. The second kappa shape index (κ2) is 9.64. The third-order valence-corrected chi connectivity index (χ3v) is 4.66. The highest BCUT2D eigenvalue weighted by Gasteiger charge is 2.17. The van der Waals surface area contributed by atoms with Gasteiger partial charge in [-0.3, -0.25) is 4.79 Å². The van der Waals surface area contributed by atoms with Crippen LogP contribution in [-0.2, 0) is 11.2 Å². The predicted octanol–water partition coefficient (Wildman–Crippen LogP) is 1.84. The normalized spacial score (nSPS) is 17.5. The molecule has 0 aliphatic carbocycles. The Morgan fingerprint density at radius 1 is 1.33 bits per heavy atom. The standard InChI is InChI=1S/C19H30N2O3/c1-15(14-16-4-6-18(24-2)7-5-16)19(23)20-10-3-11-21-12-8-17(22)9-13-21/h4-7,15,17,22H,3,8-14H2,1-2H3,(H,20,23). The van der Waals surface area contributed by atoms with Crippen LogP contribution in [0.3, 0.4) is 0 Å². The number of likely N-dealkylation sites (tertiary alicyclic amines) is 1. The van der Waals surface area contributed by atoms with Gasteiger partial charge in [-0.05, 0) is 49.9 Å². The van der Waals surface area contributed by atoms with Gasteiger partial charge in [-0.15, -0.1) is 0 Å². The van der Waals surface area contributed by atoms with E-state index in [1.807, 2.05) is 31.2 Å². The highest BCUT2D eigenvalue weighted by atomic mass is 16.5. The van der Waals surface area contributed by atoms with Crippen molar-refractivity contribution in [3.8, 4) is 5.75 Å². The van der Waals surface area contributed by atoms with Crippen LogP contribution in [0.2, 0.25) is 0 Å². The van der Waals surface area contributed by atoms with Crippen LogP contribution in [0.4, 0.5) is 0 Å². The molecule has 134 valence electrons. The first-order chi connectivity index (χ1) is 11.6. The van der Waals surface area contributed by atoms with Crippen molar-refractivity contribution < 1.29 is 14.6 Å². The maximum atomic E-state index is 12.2. The Labute approximate surface area is 145 Å². The number of amides is 1. The Morgan fingerprint density at radius 3 is 2.62 bits per heavy atom. The molecule has 1 amide bonds. The minimum atomic E-state index is -0.125. The van der Waals surface area contributed by atoms with E-state index < -0.39 is 0 Å². The van der Waals surface area contributed by atoms with Crippen molar-refractivity contribution in [3.05, 3.63) is 29.8 Å². The van der Waals surface area contributed by atoms with Crippen molar-refractivity contribution in [2.75, 3.05) is 33.3 Å². The molecule has 0 aromatic heterocycles. The molecule has 1 heterocycles. The number of aliphatic hydroxyl groups excluding tert-OH is 1. The van der Waals surface area contributed by atoms with Crippen LogP contribution in [0, 0.1) is 5.92 Å². The molecule has 2 rings (SSSR count). The zero-order valence-electron chi connectivity index (χ0n) is 14.8. The molecule has 0 saturated carbocycles. The van der Waals surface area contributed by atoms with Crippen molar-refractivity contribution in [3.63, 3.8) is 0 Å². The summed E-state index contributed by atoms with van der Waals surface area (Å²) in [5, 5.41) is 12.5. The zero-order valence-corrected chi connectivity index (χ0v) is 14.8. The van der Waals surface area contributed by atoms with Crippen LogP contribution >= 0.6 is 0 Å². The Hall–Kier alpha value is -1.59. The number of nitrogens with one attached hydrogen (secondary N) is 1. The molecule has 2 N–H and O–H groups in total. The van der Waals surface area contributed by atoms with E-state index in [1.54, 1.807) is 7.11 Å². The number of carbonyl (C=O) groups excluding carboxylic acids is 1. The van der Waals surface area contributed by atoms with Crippen molar-refractivity contribution in [1.29, 1.82) is 0 Å². The van der Waals surface area contributed by atoms with Gasteiger partial charge in [-0.1, -0.05) is 19.1 Å². The number of piperidine rings is 1. The molecular weight excluding hydrogens is 304 g/mol. The number of carbonyl (C=O) groups is 1. The molecule has 0 bridgehead atoms. The van der Waals surface area contributed by atoms with Gasteiger partial charge in [0.2, 0.25) is 5.91 Å². The summed E-state index contributed by atoms with van der Waals surface area (Å²) in [6.45, 7) is 5.59. The van der Waals surface area contributed by atoms with Crippen LogP contribution in [0.15, 0.2) is 24.3 Å². The molecule has 1 aliphatic heterocycles. The summed E-state index contributed by atoms with van der Waals surface area (Å²) in [6, 6.07) is 7.87. The van der Waals surface area contributed by atoms with E-state index in [0.717, 1.165) is 56.6 Å². The summed E-state index contributed by atoms with van der Waals surface area (Å²) in [4.78, 5) is 14.5. The Bertz CT molecular complexity index is 496. The predicted molar refractivity (Wildman–Crippen MR) is 95.2 cm³/mol. The average Bonchev–Trinajstić information content (AvgIpc) is 2.60. The average molecular weight is 334 g/mol. The van der Waals surface area contributed by atoms with E-state index in [0.29, 0.717) is 6.54 Å². The second-order valence-corrected chi connectivity index (χ2v) is 6.67. The van der Waals surface area contributed by atoms with Crippen LogP contribution in [0.25, 0.3) is 0 Å². The van der Waals surface area contributed by atoms with Gasteiger partial charge >= 0.3 is 0 Å². The molecule has 1 atom stereocenters. The summed E-state index contributed by atoms with van der Waals surface area (Å²) >= 11 is 0. The SMILES string of the molecule is COc1ccc(CC(C)C(=O)NCCCN2CCC(O)CC2)cc1. The number of hydrogen-bond donors (Lipinski definition) is 2. The third-order valence-electron chi connectivity index (χ3n) is 4.66. The molecule has 0 spiro atoms. The molecule has 0 radical (unpaired) electrons. The monoisotopic (exact) mass is 334 g/mol. The minimum Gasteiger partial charge on any atom is -0.497 e. The van der Waals surface area contributed by atoms with Crippen LogP contribution in [0.1, 0.15) is 31.7 Å². The van der Waals surface area contributed by atoms with Crippen molar-refractivity contribution in [1.82, 2.24) is 10.2 Å². The number of nitrogens with zero attached hydrogens (tertiary/aromatic N) is 1. The number of ether oxygens (including phenoxy) is 1. The third kappa shape index (κ3) is 6.13. The van der Waals surface area contributed by atoms with Gasteiger partial charge in [0.25, 0.3) is 0 Å². The fourth-order valence-electron chi connectivity index (χ4n) is 3.04. The largest absolute Gasteiger partial charge is 0.497 e. The van der Waals surface area contributed by atoms with E-state index in [1.165, 1.54) is 0 Å². The van der Waals surface area contributed by atoms with Crippen molar-refractivity contribution >= 4 is 5.91 Å². The summed E-state index contributed by atoms with van der Waals surface area (Å²) in [6.07, 6.45) is 3.30. The Morgan fingerprint density at radius 2 is 2.00 bits per heavy atom. The smallest absolute Gasteiger partial charge is 0.223 e. The van der Waals surface area contributed by atoms with Gasteiger partial charge in [0.1, 0.15) is 5.75 Å². The van der Waals surface area contributed by atoms with Gasteiger partial charge < -0.3 is 20.1 Å². The maximum absolute atomic E-state index is 12.2. The first kappa shape index (κ1) is 18.7. The van der Waals surface area contributed by atoms with E-state index in [9.17, 15) is 9.90 Å². The number of rotatable bonds is 8. The topological polar surface area (TPSA) is 61.8 Å². The van der Waals surface area contributed by atoms with E-state index in [-0.39, 0.29) is 17.9 Å². The van der Waals surface area contributed by atoms with E-state index in [2.05, 4.69) is 10.2 Å². The summed E-state index contributed by atoms with van der Waals surface area (Å²) in [5.41, 5.74) is 1.14. The fourth-order valence-corrected chi connectivity index (χ4v) is 3.04. The summed E-state index contributed by atoms with van der Waals surface area (Å²) in [7, 11) is 1.65. The van der Waals surface area contributed by atoms with Crippen LogP contribution < -0.4 is 10.1 Å². The first-order valence-corrected chi connectivity index (χ1v) is 8.89. The second-order valence-electron chi connectivity index (χ2n) is 6.67. The highest BCUT2D eigenvalue weighted by molar-refractivity contribution is 5.78. The fraction of sp³-hybridized carbons (Fsp3) is 0.632. The Kier molecular flexibility index (Phi) is 7.53. The van der Waals surface area contributed by atoms with E-state index >= 15 is 0 Å². The van der Waals surface area contributed by atoms with Crippen LogP contribution in [-0.4, -0.2) is 55.3 Å². The number of methoxy groups -OCH3 is 1. The number of benzene rings is 1. The summed E-state index contributed by atoms with van der Waals surface area (Å²) in [5.74, 6) is 0.907. The van der Waals surface area contributed by atoms with Gasteiger partial charge in [0, 0.05) is 25.6 Å². The molecule has 24 heavy (non-hydrogen) atoms. The summed E-state index contributed by atoms with van der Waals surface area (Å²) < 4.78 is 5.15. The maximum Gasteiger partial charge on any atom is 0.223 e. The quantitative estimate of drug-likeness (QED) is 0.712. The molecule has 1 saturated heterocycles. The van der Waals surface area contributed by atoms with Gasteiger partial charge in [-0.2, -0.15) is 0 Å². The molecule has 1 aliphatic rings. The van der Waals surface area contributed by atoms with Gasteiger partial charge in [0.15, 0.2) is 0 Å². The highest BCUT2D eigenvalue weighted by Crippen LogP contribution is 2.15. The molecule has 5 heteroatoms. The number of aliphatic hydroxyl groups is 1. The van der Waals surface area contributed by atoms with Crippen molar-refractivity contribution in [2.24, 2.45) is 5.92 Å². The molecule has 1 fully saturated rings. The van der Waals surface area contributed by atoms with Gasteiger partial charge in [-0.25, -0.2) is 0 Å². The molecule has 1 aromatic carbocycles. The lowest BCUT2D eigenvalue weighted by Crippen LogP contribution is -2.38. The minimum absolute atomic E-state index is 0.0384. The zero-order chi connectivity index (χ0) is 17.4. The lowest BCUT2D eigenvalue weighted by atomic mass is 10.0. The molecule has 1 aromatic rings. The lowest BCUT2D eigenvalue weighted by Gasteiger charge is -2.29. The first-order valence-electron chi connectivity index (χ1n) is 8.89. The van der Waals surface area contributed by atoms with E-state index in [4.69, 9.17) is 4.74 Å². The molecule has 5 nitrogen and oxygen atoms in total. The lowest BCUT2D eigenvalue weighted by molar-refractivity contribution is -0.124. The van der Waals surface area contributed by atoms with Gasteiger partial charge in [0.05, 0.1) is 13.2 Å². The van der Waals surface area contributed by atoms with Crippen LogP contribution in [0.5, 0.6) is 5.75 Å².